The van der Waals surface area contributed by atoms with Crippen LogP contribution >= 0.6 is 23.8 Å². The van der Waals surface area contributed by atoms with Gasteiger partial charge in [-0.05, 0) is 37.7 Å². The maximum Gasteiger partial charge on any atom is 0.264 e. The number of carbonyl (C=O) groups is 1. The van der Waals surface area contributed by atoms with Crippen molar-refractivity contribution in [2.45, 2.75) is 26.2 Å². The van der Waals surface area contributed by atoms with E-state index in [2.05, 4.69) is 14.9 Å². The van der Waals surface area contributed by atoms with Crippen molar-refractivity contribution in [1.82, 2.24) is 14.9 Å². The number of aromatic nitrogens is 2. The van der Waals surface area contributed by atoms with Gasteiger partial charge >= 0.3 is 0 Å². The second-order valence-electron chi connectivity index (χ2n) is 3.37. The van der Waals surface area contributed by atoms with E-state index >= 15 is 0 Å². The van der Waals surface area contributed by atoms with E-state index in [0.717, 1.165) is 30.8 Å². The average Bonchev–Trinajstić information content (AvgIpc) is 2.63. The van der Waals surface area contributed by atoms with E-state index in [1.165, 1.54) is 0 Å². The molecule has 0 bridgehead atoms. The fourth-order valence-corrected chi connectivity index (χ4v) is 1.86. The highest BCUT2D eigenvalue weighted by Gasteiger charge is 2.11. The third-order valence-electron chi connectivity index (χ3n) is 1.99. The van der Waals surface area contributed by atoms with Gasteiger partial charge in [0.05, 0.1) is 10.7 Å². The van der Waals surface area contributed by atoms with E-state index in [-0.39, 0.29) is 5.91 Å². The number of rotatable bonds is 6. The van der Waals surface area contributed by atoms with Crippen molar-refractivity contribution in [3.63, 3.8) is 0 Å². The van der Waals surface area contributed by atoms with Crippen LogP contribution in [0.3, 0.4) is 0 Å². The second-order valence-corrected chi connectivity index (χ2v) is 4.65. The molecule has 0 aliphatic carbocycles. The van der Waals surface area contributed by atoms with Crippen LogP contribution in [-0.2, 0) is 0 Å². The van der Waals surface area contributed by atoms with Crippen LogP contribution in [0.25, 0.3) is 0 Å². The Morgan fingerprint density at radius 3 is 2.88 bits per heavy atom. The lowest BCUT2D eigenvalue weighted by Gasteiger charge is -2.03. The maximum absolute atomic E-state index is 11.6. The summed E-state index contributed by atoms with van der Waals surface area (Å²) < 4.78 is 3.71. The molecule has 0 fully saturated rings. The van der Waals surface area contributed by atoms with Crippen molar-refractivity contribution in [1.29, 1.82) is 0 Å². The molecule has 0 saturated carbocycles. The number of amides is 1. The Kier molecular flexibility index (Phi) is 5.27. The third kappa shape index (κ3) is 4.19. The smallest absolute Gasteiger partial charge is 0.264 e. The standard InChI is InChI=1S/C9H14N4OS2/c1-6-8(16-13-12-6)9(14)11-5-3-2-4-7(10)15/h2-5H2,1H3,(H2,10,15)(H,11,14). The molecule has 1 aromatic heterocycles. The zero-order chi connectivity index (χ0) is 12.0. The highest BCUT2D eigenvalue weighted by Crippen LogP contribution is 2.08. The van der Waals surface area contributed by atoms with Crippen molar-refractivity contribution in [3.8, 4) is 0 Å². The fourth-order valence-electron chi connectivity index (χ4n) is 1.15. The Bertz CT molecular complexity index is 377. The highest BCUT2D eigenvalue weighted by atomic mass is 32.1. The van der Waals surface area contributed by atoms with Crippen LogP contribution in [0.5, 0.6) is 0 Å². The minimum absolute atomic E-state index is 0.108. The van der Waals surface area contributed by atoms with E-state index in [1.807, 2.05) is 0 Å². The molecule has 1 amide bonds. The summed E-state index contributed by atoms with van der Waals surface area (Å²) in [4.78, 5) is 12.7. The molecule has 88 valence electrons. The lowest BCUT2D eigenvalue weighted by atomic mass is 10.2. The highest BCUT2D eigenvalue weighted by molar-refractivity contribution is 7.80. The summed E-state index contributed by atoms with van der Waals surface area (Å²) in [5, 5.41) is 6.59. The number of unbranched alkanes of at least 4 members (excludes halogenated alkanes) is 1. The number of aryl methyl sites for hydroxylation is 1. The molecule has 0 aliphatic heterocycles. The monoisotopic (exact) mass is 258 g/mol. The Morgan fingerprint density at radius 2 is 2.31 bits per heavy atom. The minimum Gasteiger partial charge on any atom is -0.393 e. The van der Waals surface area contributed by atoms with Crippen LogP contribution in [0, 0.1) is 6.92 Å². The molecular formula is C9H14N4OS2. The van der Waals surface area contributed by atoms with E-state index < -0.39 is 0 Å². The largest absolute Gasteiger partial charge is 0.393 e. The molecule has 3 N–H and O–H groups in total. The average molecular weight is 258 g/mol. The number of hydrogen-bond donors (Lipinski definition) is 2. The lowest BCUT2D eigenvalue weighted by molar-refractivity contribution is 0.0956. The number of nitrogens with two attached hydrogens (primary N) is 1. The quantitative estimate of drug-likeness (QED) is 0.588. The molecule has 0 radical (unpaired) electrons. The normalized spacial score (nSPS) is 10.1. The summed E-state index contributed by atoms with van der Waals surface area (Å²) in [6, 6.07) is 0. The van der Waals surface area contributed by atoms with E-state index in [4.69, 9.17) is 18.0 Å². The Hall–Kier alpha value is -1.08. The van der Waals surface area contributed by atoms with Gasteiger partial charge in [0, 0.05) is 6.54 Å². The summed E-state index contributed by atoms with van der Waals surface area (Å²) in [7, 11) is 0. The molecule has 7 heteroatoms. The molecule has 0 aliphatic rings. The van der Waals surface area contributed by atoms with Gasteiger partial charge in [-0.1, -0.05) is 16.7 Å². The molecule has 0 atom stereocenters. The van der Waals surface area contributed by atoms with Crippen LogP contribution in [0.15, 0.2) is 0 Å². The maximum atomic E-state index is 11.6. The molecule has 1 heterocycles. The lowest BCUT2D eigenvalue weighted by Crippen LogP contribution is -2.24. The Morgan fingerprint density at radius 1 is 1.56 bits per heavy atom. The van der Waals surface area contributed by atoms with Gasteiger partial charge in [0.2, 0.25) is 0 Å². The van der Waals surface area contributed by atoms with Gasteiger partial charge in [0.25, 0.3) is 5.91 Å². The van der Waals surface area contributed by atoms with Gasteiger partial charge in [-0.3, -0.25) is 4.79 Å². The zero-order valence-electron chi connectivity index (χ0n) is 9.02. The molecule has 0 saturated heterocycles. The van der Waals surface area contributed by atoms with Crippen molar-refractivity contribution in [2.75, 3.05) is 6.54 Å². The van der Waals surface area contributed by atoms with Gasteiger partial charge in [0.1, 0.15) is 4.88 Å². The molecule has 0 aromatic carbocycles. The topological polar surface area (TPSA) is 80.9 Å². The molecule has 16 heavy (non-hydrogen) atoms. The van der Waals surface area contributed by atoms with Gasteiger partial charge in [-0.25, -0.2) is 0 Å². The summed E-state index contributed by atoms with van der Waals surface area (Å²) in [6.45, 7) is 2.39. The van der Waals surface area contributed by atoms with Crippen LogP contribution < -0.4 is 11.1 Å². The van der Waals surface area contributed by atoms with Crippen LogP contribution in [0.1, 0.15) is 34.6 Å². The van der Waals surface area contributed by atoms with E-state index in [0.29, 0.717) is 22.1 Å². The van der Waals surface area contributed by atoms with E-state index in [1.54, 1.807) is 6.92 Å². The van der Waals surface area contributed by atoms with Crippen molar-refractivity contribution < 1.29 is 4.79 Å². The van der Waals surface area contributed by atoms with Gasteiger partial charge in [-0.2, -0.15) is 0 Å². The fraction of sp³-hybridized carbons (Fsp3) is 0.556. The summed E-state index contributed by atoms with van der Waals surface area (Å²) in [5.41, 5.74) is 6.03. The summed E-state index contributed by atoms with van der Waals surface area (Å²) in [6.07, 6.45) is 2.50. The molecule has 1 rings (SSSR count). The molecular weight excluding hydrogens is 244 g/mol. The van der Waals surface area contributed by atoms with Crippen molar-refractivity contribution in [2.24, 2.45) is 5.73 Å². The predicted molar refractivity (Wildman–Crippen MR) is 67.6 cm³/mol. The van der Waals surface area contributed by atoms with Crippen LogP contribution in [0.2, 0.25) is 0 Å². The van der Waals surface area contributed by atoms with Crippen molar-refractivity contribution in [3.05, 3.63) is 10.6 Å². The van der Waals surface area contributed by atoms with Crippen LogP contribution in [-0.4, -0.2) is 27.0 Å². The van der Waals surface area contributed by atoms with Gasteiger partial charge in [-0.15, -0.1) is 5.10 Å². The number of nitrogens with zero attached hydrogens (tertiary/aromatic N) is 2. The predicted octanol–water partition coefficient (Wildman–Crippen LogP) is 1.03. The Labute approximate surface area is 104 Å². The van der Waals surface area contributed by atoms with Gasteiger partial charge < -0.3 is 11.1 Å². The number of nitrogens with one attached hydrogen (secondary N) is 1. The first-order valence-electron chi connectivity index (χ1n) is 4.96. The molecule has 5 nitrogen and oxygen atoms in total. The zero-order valence-corrected chi connectivity index (χ0v) is 10.7. The first-order chi connectivity index (χ1) is 7.61. The number of thiocarbonyl (C=S) groups is 1. The van der Waals surface area contributed by atoms with Crippen molar-refractivity contribution >= 4 is 34.6 Å². The summed E-state index contributed by atoms with van der Waals surface area (Å²) in [5.74, 6) is -0.108. The molecule has 1 aromatic rings. The minimum atomic E-state index is -0.108. The SMILES string of the molecule is Cc1nnsc1C(=O)NCCCCC(N)=S. The first kappa shape index (κ1) is 13.0. The van der Waals surface area contributed by atoms with E-state index in [9.17, 15) is 4.79 Å². The second kappa shape index (κ2) is 6.49. The molecule has 0 spiro atoms. The number of carbonyl (C=O) groups excluding carboxylic acids is 1. The number of hydrogen-bond acceptors (Lipinski definition) is 5. The van der Waals surface area contributed by atoms with Gasteiger partial charge in [0.15, 0.2) is 0 Å². The Balaban J connectivity index is 2.21. The first-order valence-corrected chi connectivity index (χ1v) is 6.15. The molecule has 0 unspecified atom stereocenters. The van der Waals surface area contributed by atoms with Crippen LogP contribution in [0.4, 0.5) is 0 Å². The third-order valence-corrected chi connectivity index (χ3v) is 3.02. The summed E-state index contributed by atoms with van der Waals surface area (Å²) >= 11 is 5.87.